The molecule has 4 nitrogen and oxygen atoms in total. The Kier molecular flexibility index (Phi) is 4.92. The number of nitrogens with two attached hydrogens (primary N) is 1. The number of halogens is 3. The van der Waals surface area contributed by atoms with Crippen LogP contribution >= 0.6 is 11.3 Å². The lowest BCUT2D eigenvalue weighted by Crippen LogP contribution is -2.22. The van der Waals surface area contributed by atoms with Crippen LogP contribution < -0.4 is 15.8 Å². The Hall–Kier alpha value is -2.22. The average Bonchev–Trinajstić information content (AvgIpc) is 2.83. The van der Waals surface area contributed by atoms with Gasteiger partial charge in [0.05, 0.1) is 6.54 Å². The molecule has 1 aromatic carbocycles. The average molecular weight is 329 g/mol. The zero-order valence-electron chi connectivity index (χ0n) is 11.6. The largest absolute Gasteiger partial charge is 0.573 e. The van der Waals surface area contributed by atoms with E-state index >= 15 is 0 Å². The molecule has 0 atom stereocenters. The van der Waals surface area contributed by atoms with Gasteiger partial charge in [-0.25, -0.2) is 4.99 Å². The lowest BCUT2D eigenvalue weighted by molar-refractivity contribution is -0.274. The van der Waals surface area contributed by atoms with E-state index in [0.29, 0.717) is 12.2 Å². The fourth-order valence-corrected chi connectivity index (χ4v) is 2.48. The minimum Gasteiger partial charge on any atom is -0.406 e. The number of aliphatic imine (C=N–C) groups is 1. The molecule has 0 radical (unpaired) electrons. The van der Waals surface area contributed by atoms with Gasteiger partial charge >= 0.3 is 6.36 Å². The summed E-state index contributed by atoms with van der Waals surface area (Å²) in [4.78, 5) is 5.30. The maximum atomic E-state index is 12.0. The molecule has 0 saturated carbocycles. The topological polar surface area (TPSA) is 59.6 Å². The first-order valence-electron chi connectivity index (χ1n) is 6.29. The van der Waals surface area contributed by atoms with E-state index in [1.54, 1.807) is 11.3 Å². The van der Waals surface area contributed by atoms with Gasteiger partial charge in [0.2, 0.25) is 0 Å². The Morgan fingerprint density at radius 2 is 1.95 bits per heavy atom. The highest BCUT2D eigenvalue weighted by Crippen LogP contribution is 2.24. The molecule has 22 heavy (non-hydrogen) atoms. The molecule has 1 heterocycles. The summed E-state index contributed by atoms with van der Waals surface area (Å²) in [6.45, 7) is 2.45. The molecular formula is C14H14F3N3OS. The number of nitrogens with zero attached hydrogens (tertiary/aromatic N) is 1. The minimum atomic E-state index is -4.70. The first-order valence-corrected chi connectivity index (χ1v) is 7.17. The molecule has 0 aliphatic rings. The van der Waals surface area contributed by atoms with E-state index in [1.807, 2.05) is 18.4 Å². The summed E-state index contributed by atoms with van der Waals surface area (Å²) in [5, 5.41) is 4.78. The smallest absolute Gasteiger partial charge is 0.406 e. The van der Waals surface area contributed by atoms with Gasteiger partial charge in [0.1, 0.15) is 5.75 Å². The molecular weight excluding hydrogens is 315 g/mol. The van der Waals surface area contributed by atoms with Crippen LogP contribution in [0.25, 0.3) is 0 Å². The molecule has 0 aliphatic heterocycles. The summed E-state index contributed by atoms with van der Waals surface area (Å²) in [5.74, 6) is -0.0972. The molecule has 0 spiro atoms. The Morgan fingerprint density at radius 1 is 1.27 bits per heavy atom. The van der Waals surface area contributed by atoms with Crippen molar-refractivity contribution in [3.63, 3.8) is 0 Å². The van der Waals surface area contributed by atoms with Crippen molar-refractivity contribution >= 4 is 23.0 Å². The molecule has 0 amide bonds. The number of thiophene rings is 1. The summed E-state index contributed by atoms with van der Waals surface area (Å²) in [6, 6.07) is 7.26. The first-order chi connectivity index (χ1) is 10.3. The second-order valence-electron chi connectivity index (χ2n) is 4.43. The molecule has 118 valence electrons. The zero-order chi connectivity index (χ0) is 16.2. The van der Waals surface area contributed by atoms with Crippen LogP contribution in [0.5, 0.6) is 5.75 Å². The molecule has 0 fully saturated rings. The predicted molar refractivity (Wildman–Crippen MR) is 81.1 cm³/mol. The second-order valence-corrected chi connectivity index (χ2v) is 5.43. The highest BCUT2D eigenvalue weighted by Gasteiger charge is 2.30. The van der Waals surface area contributed by atoms with Crippen LogP contribution in [-0.2, 0) is 6.54 Å². The third-order valence-corrected chi connectivity index (χ3v) is 3.73. The summed E-state index contributed by atoms with van der Waals surface area (Å²) < 4.78 is 39.9. The van der Waals surface area contributed by atoms with Crippen molar-refractivity contribution in [2.75, 3.05) is 5.32 Å². The molecule has 0 bridgehead atoms. The van der Waals surface area contributed by atoms with Gasteiger partial charge < -0.3 is 15.8 Å². The van der Waals surface area contributed by atoms with Crippen LogP contribution in [0.1, 0.15) is 10.4 Å². The number of guanidine groups is 1. The molecule has 0 saturated heterocycles. The van der Waals surface area contributed by atoms with E-state index < -0.39 is 6.36 Å². The maximum absolute atomic E-state index is 12.0. The van der Waals surface area contributed by atoms with Gasteiger partial charge in [-0.05, 0) is 48.2 Å². The molecule has 0 aliphatic carbocycles. The van der Waals surface area contributed by atoms with Crippen LogP contribution in [0.4, 0.5) is 18.9 Å². The van der Waals surface area contributed by atoms with Crippen molar-refractivity contribution in [1.82, 2.24) is 0 Å². The van der Waals surface area contributed by atoms with Gasteiger partial charge in [0.15, 0.2) is 5.96 Å². The predicted octanol–water partition coefficient (Wildman–Crippen LogP) is 3.88. The Bertz CT molecular complexity index is 650. The van der Waals surface area contributed by atoms with E-state index in [2.05, 4.69) is 15.0 Å². The highest BCUT2D eigenvalue weighted by atomic mass is 32.1. The van der Waals surface area contributed by atoms with Crippen LogP contribution in [0.3, 0.4) is 0 Å². The van der Waals surface area contributed by atoms with Gasteiger partial charge in [-0.15, -0.1) is 24.5 Å². The molecule has 2 aromatic rings. The lowest BCUT2D eigenvalue weighted by Gasteiger charge is -2.10. The fraction of sp³-hybridized carbons (Fsp3) is 0.214. The van der Waals surface area contributed by atoms with Crippen LogP contribution in [-0.4, -0.2) is 12.3 Å². The van der Waals surface area contributed by atoms with E-state index in [-0.39, 0.29) is 11.7 Å². The van der Waals surface area contributed by atoms with Crippen molar-refractivity contribution in [2.24, 2.45) is 10.7 Å². The van der Waals surface area contributed by atoms with Crippen molar-refractivity contribution in [3.05, 3.63) is 46.2 Å². The molecule has 0 unspecified atom stereocenters. The Morgan fingerprint density at radius 3 is 2.50 bits per heavy atom. The third-order valence-electron chi connectivity index (χ3n) is 2.72. The monoisotopic (exact) mass is 329 g/mol. The number of rotatable bonds is 4. The molecule has 8 heteroatoms. The minimum absolute atomic E-state index is 0.192. The number of ether oxygens (including phenoxy) is 1. The Balaban J connectivity index is 1.94. The van der Waals surface area contributed by atoms with E-state index in [0.717, 1.165) is 10.4 Å². The number of benzene rings is 1. The van der Waals surface area contributed by atoms with Crippen LogP contribution in [0.2, 0.25) is 0 Å². The summed E-state index contributed by atoms with van der Waals surface area (Å²) in [7, 11) is 0. The van der Waals surface area contributed by atoms with Crippen molar-refractivity contribution < 1.29 is 17.9 Å². The number of nitrogens with one attached hydrogen (secondary N) is 1. The Labute approximate surface area is 129 Å². The van der Waals surface area contributed by atoms with Crippen molar-refractivity contribution in [2.45, 2.75) is 19.8 Å². The lowest BCUT2D eigenvalue weighted by atomic mass is 10.3. The SMILES string of the molecule is Cc1ccsc1CN=C(N)Nc1ccc(OC(F)(F)F)cc1. The number of hydrogen-bond acceptors (Lipinski definition) is 3. The maximum Gasteiger partial charge on any atom is 0.573 e. The number of hydrogen-bond donors (Lipinski definition) is 2. The molecule has 3 N–H and O–H groups in total. The van der Waals surface area contributed by atoms with Gasteiger partial charge in [-0.1, -0.05) is 0 Å². The van der Waals surface area contributed by atoms with E-state index in [9.17, 15) is 13.2 Å². The number of alkyl halides is 3. The zero-order valence-corrected chi connectivity index (χ0v) is 12.5. The van der Waals surface area contributed by atoms with Gasteiger partial charge in [0.25, 0.3) is 0 Å². The summed E-state index contributed by atoms with van der Waals surface area (Å²) >= 11 is 1.59. The van der Waals surface area contributed by atoms with E-state index in [1.165, 1.54) is 24.3 Å². The second kappa shape index (κ2) is 6.69. The third kappa shape index (κ3) is 4.96. The van der Waals surface area contributed by atoms with Gasteiger partial charge in [-0.2, -0.15) is 0 Å². The number of anilines is 1. The van der Waals surface area contributed by atoms with E-state index in [4.69, 9.17) is 5.73 Å². The highest BCUT2D eigenvalue weighted by molar-refractivity contribution is 7.10. The van der Waals surface area contributed by atoms with Crippen LogP contribution in [0, 0.1) is 6.92 Å². The van der Waals surface area contributed by atoms with Gasteiger partial charge in [0, 0.05) is 10.6 Å². The summed E-state index contributed by atoms with van der Waals surface area (Å²) in [6.07, 6.45) is -4.70. The van der Waals surface area contributed by atoms with Gasteiger partial charge in [-0.3, -0.25) is 0 Å². The summed E-state index contributed by atoms with van der Waals surface area (Å²) in [5.41, 5.74) is 7.42. The van der Waals surface area contributed by atoms with Crippen molar-refractivity contribution in [3.8, 4) is 5.75 Å². The normalized spacial score (nSPS) is 12.3. The number of aryl methyl sites for hydroxylation is 1. The molecule has 1 aromatic heterocycles. The van der Waals surface area contributed by atoms with Crippen LogP contribution in [0.15, 0.2) is 40.7 Å². The van der Waals surface area contributed by atoms with Crippen molar-refractivity contribution in [1.29, 1.82) is 0 Å². The fourth-order valence-electron chi connectivity index (χ4n) is 1.65. The first kappa shape index (κ1) is 16.2. The standard InChI is InChI=1S/C14H14F3N3OS/c1-9-6-7-22-12(9)8-19-13(18)20-10-2-4-11(5-3-10)21-14(15,16)17/h2-7H,8H2,1H3,(H3,18,19,20). The molecule has 2 rings (SSSR count). The quantitative estimate of drug-likeness (QED) is 0.661.